The highest BCUT2D eigenvalue weighted by atomic mass is 32.4. The Morgan fingerprint density at radius 1 is 1.33 bits per heavy atom. The molecular weight excluding hydrogens is 108 g/mol. The van der Waals surface area contributed by atoms with Gasteiger partial charge >= 0.3 is 0 Å². The molecule has 0 spiro atoms. The molecule has 0 aromatic heterocycles. The van der Waals surface area contributed by atoms with Gasteiger partial charge in [-0.2, -0.15) is 11.2 Å². The highest BCUT2D eigenvalue weighted by Gasteiger charge is 1.96. The van der Waals surface area contributed by atoms with E-state index in [1.54, 1.807) is 12.5 Å². The maximum Gasteiger partial charge on any atom is 0.0854 e. The zero-order valence-corrected chi connectivity index (χ0v) is 6.17. The summed E-state index contributed by atoms with van der Waals surface area (Å²) >= 11 is 2.23. The van der Waals surface area contributed by atoms with Gasteiger partial charge in [0.2, 0.25) is 0 Å². The van der Waals surface area contributed by atoms with E-state index < -0.39 is 0 Å². The van der Waals surface area contributed by atoms with Gasteiger partial charge in [-0.05, 0) is 12.2 Å². The topological polar surface area (TPSA) is 0 Å². The second kappa shape index (κ2) is 2.69. The molecule has 1 heterocycles. The van der Waals surface area contributed by atoms with Crippen molar-refractivity contribution in [3.8, 4) is 0 Å². The van der Waals surface area contributed by atoms with Crippen molar-refractivity contribution in [2.24, 2.45) is 0 Å². The van der Waals surface area contributed by atoms with Crippen LogP contribution in [0.1, 0.15) is 12.8 Å². The summed E-state index contributed by atoms with van der Waals surface area (Å²) in [5.41, 5.74) is 0. The molecule has 0 aliphatic carbocycles. The summed E-state index contributed by atoms with van der Waals surface area (Å²) in [5.74, 6) is 1.48. The van der Waals surface area contributed by atoms with Crippen LogP contribution in [-0.4, -0.2) is 14.4 Å². The molecule has 0 atom stereocenters. The third-order valence-electron chi connectivity index (χ3n) is 1.08. The van der Waals surface area contributed by atoms with Crippen molar-refractivity contribution in [1.82, 2.24) is 0 Å². The van der Waals surface area contributed by atoms with Gasteiger partial charge in [0.25, 0.3) is 0 Å². The molecule has 0 saturated carbocycles. The fraction of sp³-hybridized carbons (Fsp3) is 1.00. The minimum atomic E-state index is 0.425. The minimum absolute atomic E-state index is 0.425. The van der Waals surface area contributed by atoms with Crippen molar-refractivity contribution in [1.29, 1.82) is 0 Å². The first-order valence-corrected chi connectivity index (χ1v) is 6.46. The molecule has 0 N–H and O–H groups in total. The summed E-state index contributed by atoms with van der Waals surface area (Å²) in [6, 6.07) is 1.60. The van der Waals surface area contributed by atoms with Crippen molar-refractivity contribution in [2.75, 3.05) is 5.75 Å². The summed E-state index contributed by atoms with van der Waals surface area (Å²) in [6.07, 6.45) is 3.04. The largest absolute Gasteiger partial charge is 0.193 e. The molecule has 36 valence electrons. The summed E-state index contributed by atoms with van der Waals surface area (Å²) < 4.78 is 0. The molecule has 1 aliphatic rings. The van der Waals surface area contributed by atoms with Gasteiger partial charge in [0.1, 0.15) is 0 Å². The first kappa shape index (κ1) is 4.72. The van der Waals surface area contributed by atoms with E-state index in [1.807, 2.05) is 0 Å². The van der Waals surface area contributed by atoms with E-state index in [0.717, 1.165) is 0 Å². The van der Waals surface area contributed by atoms with Gasteiger partial charge in [-0.1, -0.05) is 12.5 Å². The molecule has 0 nitrogen and oxygen atoms in total. The monoisotopic (exact) mass is 118 g/mol. The molecule has 0 aromatic rings. The predicted molar refractivity (Wildman–Crippen MR) is 35.0 cm³/mol. The molecule has 1 saturated heterocycles. The maximum atomic E-state index is 2.23. The van der Waals surface area contributed by atoms with Crippen molar-refractivity contribution < 1.29 is 0 Å². The summed E-state index contributed by atoms with van der Waals surface area (Å²) in [6.45, 7) is 0. The second-order valence-corrected chi connectivity index (χ2v) is 6.05. The summed E-state index contributed by atoms with van der Waals surface area (Å²) in [5, 5.41) is 0. The fourth-order valence-electron chi connectivity index (χ4n) is 0.687. The third kappa shape index (κ3) is 1.35. The van der Waals surface area contributed by atoms with E-state index >= 15 is 0 Å². The zero-order valence-electron chi connectivity index (χ0n) is 3.94. The van der Waals surface area contributed by atoms with Gasteiger partial charge in [0.05, 0.1) is 8.67 Å². The molecule has 0 aromatic carbocycles. The molecule has 0 unspecified atom stereocenters. The lowest BCUT2D eigenvalue weighted by Gasteiger charge is -2.05. The van der Waals surface area contributed by atoms with Gasteiger partial charge in [0.15, 0.2) is 0 Å². The first-order chi connectivity index (χ1) is 3.00. The Balaban J connectivity index is 2.00. The standard InChI is InChI=1S/C4H10SSi/c1-2-4-6-5-3-1/h1-4,6H2. The van der Waals surface area contributed by atoms with Gasteiger partial charge in [0, 0.05) is 0 Å². The first-order valence-electron chi connectivity index (χ1n) is 2.58. The quantitative estimate of drug-likeness (QED) is 0.428. The molecule has 2 heteroatoms. The van der Waals surface area contributed by atoms with Crippen LogP contribution in [0.3, 0.4) is 0 Å². The minimum Gasteiger partial charge on any atom is -0.193 e. The van der Waals surface area contributed by atoms with Crippen LogP contribution in [0.2, 0.25) is 6.04 Å². The van der Waals surface area contributed by atoms with Crippen molar-refractivity contribution in [3.05, 3.63) is 0 Å². The zero-order chi connectivity index (χ0) is 4.24. The Labute approximate surface area is 45.2 Å². The Morgan fingerprint density at radius 3 is 2.50 bits per heavy atom. The van der Waals surface area contributed by atoms with Crippen molar-refractivity contribution in [2.45, 2.75) is 18.9 Å². The second-order valence-electron chi connectivity index (χ2n) is 1.67. The van der Waals surface area contributed by atoms with Crippen LogP contribution in [-0.2, 0) is 0 Å². The Morgan fingerprint density at radius 2 is 2.33 bits per heavy atom. The Bertz CT molecular complexity index is 23.0. The number of hydrogen-bond acceptors (Lipinski definition) is 1. The van der Waals surface area contributed by atoms with Crippen LogP contribution in [0.5, 0.6) is 0 Å². The van der Waals surface area contributed by atoms with Crippen LogP contribution in [0, 0.1) is 0 Å². The van der Waals surface area contributed by atoms with Gasteiger partial charge in [-0.15, -0.1) is 0 Å². The van der Waals surface area contributed by atoms with Gasteiger partial charge < -0.3 is 0 Å². The lowest BCUT2D eigenvalue weighted by molar-refractivity contribution is 0.886. The third-order valence-corrected chi connectivity index (χ3v) is 5.33. The molecule has 0 amide bonds. The molecule has 1 rings (SSSR count). The molecule has 1 aliphatic heterocycles. The van der Waals surface area contributed by atoms with E-state index in [2.05, 4.69) is 11.2 Å². The van der Waals surface area contributed by atoms with Crippen LogP contribution in [0.25, 0.3) is 0 Å². The average molecular weight is 118 g/mol. The smallest absolute Gasteiger partial charge is 0.0854 e. The molecule has 6 heavy (non-hydrogen) atoms. The Kier molecular flexibility index (Phi) is 2.12. The van der Waals surface area contributed by atoms with Gasteiger partial charge in [-0.25, -0.2) is 0 Å². The predicted octanol–water partition coefficient (Wildman–Crippen LogP) is 1.02. The van der Waals surface area contributed by atoms with E-state index in [0.29, 0.717) is 8.67 Å². The maximum absolute atomic E-state index is 2.23. The summed E-state index contributed by atoms with van der Waals surface area (Å²) in [4.78, 5) is 0. The highest BCUT2D eigenvalue weighted by Crippen LogP contribution is 2.13. The van der Waals surface area contributed by atoms with Crippen LogP contribution >= 0.6 is 11.2 Å². The molecule has 0 bridgehead atoms. The number of hydrogen-bond donors (Lipinski definition) is 0. The lowest BCUT2D eigenvalue weighted by atomic mass is 10.4. The van der Waals surface area contributed by atoms with Gasteiger partial charge in [-0.3, -0.25) is 0 Å². The van der Waals surface area contributed by atoms with E-state index in [1.165, 1.54) is 12.2 Å². The highest BCUT2D eigenvalue weighted by molar-refractivity contribution is 8.22. The SMILES string of the molecule is C1CCS[SiH2]C1. The van der Waals surface area contributed by atoms with E-state index in [4.69, 9.17) is 0 Å². The summed E-state index contributed by atoms with van der Waals surface area (Å²) in [7, 11) is 0.425. The normalized spacial score (nSPS) is 28.0. The van der Waals surface area contributed by atoms with Crippen LogP contribution in [0.4, 0.5) is 0 Å². The fourth-order valence-corrected chi connectivity index (χ4v) is 4.51. The van der Waals surface area contributed by atoms with E-state index in [-0.39, 0.29) is 0 Å². The van der Waals surface area contributed by atoms with Crippen molar-refractivity contribution in [3.63, 3.8) is 0 Å². The van der Waals surface area contributed by atoms with Crippen molar-refractivity contribution >= 4 is 19.9 Å². The Hall–Kier alpha value is 0.567. The van der Waals surface area contributed by atoms with Crippen LogP contribution < -0.4 is 0 Å². The molecule has 1 fully saturated rings. The average Bonchev–Trinajstić information content (AvgIpc) is 1.72. The lowest BCUT2D eigenvalue weighted by Crippen LogP contribution is -1.94. The van der Waals surface area contributed by atoms with E-state index in [9.17, 15) is 0 Å². The molecule has 0 radical (unpaired) electrons. The number of rotatable bonds is 0. The molecular formula is C4H10SSi. The van der Waals surface area contributed by atoms with Crippen LogP contribution in [0.15, 0.2) is 0 Å².